The van der Waals surface area contributed by atoms with E-state index < -0.39 is 12.3 Å². The molecule has 3 aromatic rings. The van der Waals surface area contributed by atoms with Gasteiger partial charge in [-0.05, 0) is 36.8 Å². The molecule has 1 N–H and O–H groups in total. The van der Waals surface area contributed by atoms with Gasteiger partial charge >= 0.3 is 0 Å². The summed E-state index contributed by atoms with van der Waals surface area (Å²) in [6.45, 7) is 2.89. The zero-order valence-electron chi connectivity index (χ0n) is 14.3. The Kier molecular flexibility index (Phi) is 4.27. The minimum absolute atomic E-state index is 0.225. The zero-order valence-corrected chi connectivity index (χ0v) is 14.3. The molecule has 0 unspecified atom stereocenters. The van der Waals surface area contributed by atoms with Crippen LogP contribution >= 0.6 is 0 Å². The fraction of sp³-hybridized carbons (Fsp3) is 0.316. The van der Waals surface area contributed by atoms with Crippen molar-refractivity contribution < 1.29 is 9.13 Å². The molecule has 1 aromatic carbocycles. The molecule has 1 saturated heterocycles. The number of ether oxygens (including phenoxy) is 1. The van der Waals surface area contributed by atoms with Crippen LogP contribution in [0, 0.1) is 18.3 Å². The second kappa shape index (κ2) is 6.73. The zero-order chi connectivity index (χ0) is 18.1. The SMILES string of the molecule is Cc1ccc2nc(CO[C@H]3CN(c4ccc(C#N)cn4)C[C@H]3F)[nH]c2c1. The highest BCUT2D eigenvalue weighted by Crippen LogP contribution is 2.23. The number of nitriles is 1. The van der Waals surface area contributed by atoms with E-state index in [1.165, 1.54) is 6.20 Å². The molecule has 7 heteroatoms. The van der Waals surface area contributed by atoms with Crippen LogP contribution in [0.3, 0.4) is 0 Å². The van der Waals surface area contributed by atoms with Gasteiger partial charge in [-0.25, -0.2) is 14.4 Å². The number of aryl methyl sites for hydroxylation is 1. The van der Waals surface area contributed by atoms with Crippen molar-refractivity contribution in [2.75, 3.05) is 18.0 Å². The van der Waals surface area contributed by atoms with E-state index in [1.54, 1.807) is 12.1 Å². The number of pyridine rings is 1. The molecule has 132 valence electrons. The number of nitrogens with one attached hydrogen (secondary N) is 1. The summed E-state index contributed by atoms with van der Waals surface area (Å²) in [5.74, 6) is 1.34. The maximum absolute atomic E-state index is 14.4. The molecule has 0 spiro atoms. The Morgan fingerprint density at radius 3 is 3.00 bits per heavy atom. The third-order valence-corrected chi connectivity index (χ3v) is 4.52. The van der Waals surface area contributed by atoms with Crippen LogP contribution in [0.1, 0.15) is 17.0 Å². The molecule has 0 amide bonds. The van der Waals surface area contributed by atoms with Crippen molar-refractivity contribution in [2.24, 2.45) is 0 Å². The van der Waals surface area contributed by atoms with E-state index in [1.807, 2.05) is 36.1 Å². The van der Waals surface area contributed by atoms with Gasteiger partial charge in [-0.3, -0.25) is 0 Å². The molecule has 3 heterocycles. The van der Waals surface area contributed by atoms with Crippen LogP contribution in [-0.2, 0) is 11.3 Å². The van der Waals surface area contributed by atoms with Gasteiger partial charge in [0.1, 0.15) is 36.6 Å². The summed E-state index contributed by atoms with van der Waals surface area (Å²) in [5, 5.41) is 8.83. The summed E-state index contributed by atoms with van der Waals surface area (Å²) in [4.78, 5) is 13.7. The number of aromatic nitrogens is 3. The Hall–Kier alpha value is -2.98. The monoisotopic (exact) mass is 351 g/mol. The number of alkyl halides is 1. The van der Waals surface area contributed by atoms with Gasteiger partial charge in [0.25, 0.3) is 0 Å². The second-order valence-electron chi connectivity index (χ2n) is 6.49. The van der Waals surface area contributed by atoms with Crippen LogP contribution in [0.2, 0.25) is 0 Å². The molecular formula is C19H18FN5O. The van der Waals surface area contributed by atoms with E-state index in [0.29, 0.717) is 23.8 Å². The van der Waals surface area contributed by atoms with Crippen LogP contribution in [0.5, 0.6) is 0 Å². The predicted octanol–water partition coefficient (Wildman–Crippen LogP) is 2.88. The van der Waals surface area contributed by atoms with Crippen molar-refractivity contribution in [1.82, 2.24) is 15.0 Å². The average Bonchev–Trinajstić information content (AvgIpc) is 3.22. The Morgan fingerprint density at radius 2 is 2.23 bits per heavy atom. The highest BCUT2D eigenvalue weighted by atomic mass is 19.1. The molecule has 1 fully saturated rings. The van der Waals surface area contributed by atoms with E-state index in [-0.39, 0.29) is 13.2 Å². The molecule has 0 bridgehead atoms. The number of halogens is 1. The minimum Gasteiger partial charge on any atom is -0.365 e. The molecule has 1 aliphatic heterocycles. The summed E-state index contributed by atoms with van der Waals surface area (Å²) in [7, 11) is 0. The number of hydrogen-bond donors (Lipinski definition) is 1. The molecule has 4 rings (SSSR count). The first-order valence-corrected chi connectivity index (χ1v) is 8.44. The van der Waals surface area contributed by atoms with Gasteiger partial charge in [-0.2, -0.15) is 5.26 Å². The largest absolute Gasteiger partial charge is 0.365 e. The molecule has 26 heavy (non-hydrogen) atoms. The van der Waals surface area contributed by atoms with Crippen LogP contribution < -0.4 is 4.90 Å². The molecule has 0 aliphatic carbocycles. The van der Waals surface area contributed by atoms with Crippen LogP contribution in [-0.4, -0.2) is 40.3 Å². The van der Waals surface area contributed by atoms with E-state index in [4.69, 9.17) is 10.00 Å². The van der Waals surface area contributed by atoms with Gasteiger partial charge in [0.15, 0.2) is 0 Å². The first-order valence-electron chi connectivity index (χ1n) is 8.44. The van der Waals surface area contributed by atoms with Gasteiger partial charge in [-0.15, -0.1) is 0 Å². The summed E-state index contributed by atoms with van der Waals surface area (Å²) in [6, 6.07) is 11.4. The van der Waals surface area contributed by atoms with Gasteiger partial charge in [0.2, 0.25) is 0 Å². The number of anilines is 1. The lowest BCUT2D eigenvalue weighted by molar-refractivity contribution is 0.0115. The normalized spacial score (nSPS) is 19.8. The molecule has 6 nitrogen and oxygen atoms in total. The number of rotatable bonds is 4. The highest BCUT2D eigenvalue weighted by molar-refractivity contribution is 5.75. The van der Waals surface area contributed by atoms with E-state index in [2.05, 4.69) is 15.0 Å². The smallest absolute Gasteiger partial charge is 0.145 e. The predicted molar refractivity (Wildman–Crippen MR) is 95.5 cm³/mol. The number of H-pyrrole nitrogens is 1. The molecule has 2 aromatic heterocycles. The molecular weight excluding hydrogens is 333 g/mol. The van der Waals surface area contributed by atoms with Gasteiger partial charge in [-0.1, -0.05) is 6.07 Å². The van der Waals surface area contributed by atoms with E-state index in [9.17, 15) is 4.39 Å². The summed E-state index contributed by atoms with van der Waals surface area (Å²) in [5.41, 5.74) is 3.47. The maximum atomic E-state index is 14.4. The van der Waals surface area contributed by atoms with Gasteiger partial charge in [0, 0.05) is 12.7 Å². The molecule has 2 atom stereocenters. The van der Waals surface area contributed by atoms with Crippen molar-refractivity contribution >= 4 is 16.9 Å². The lowest BCUT2D eigenvalue weighted by Crippen LogP contribution is -2.25. The quantitative estimate of drug-likeness (QED) is 0.782. The lowest BCUT2D eigenvalue weighted by atomic mass is 10.2. The van der Waals surface area contributed by atoms with Crippen LogP contribution in [0.4, 0.5) is 10.2 Å². The van der Waals surface area contributed by atoms with Crippen LogP contribution in [0.15, 0.2) is 36.5 Å². The molecule has 0 radical (unpaired) electrons. The molecule has 0 saturated carbocycles. The van der Waals surface area contributed by atoms with Crippen molar-refractivity contribution in [3.8, 4) is 6.07 Å². The second-order valence-corrected chi connectivity index (χ2v) is 6.49. The van der Waals surface area contributed by atoms with Gasteiger partial charge in [0.05, 0.1) is 23.1 Å². The first-order chi connectivity index (χ1) is 12.6. The third kappa shape index (κ3) is 3.24. The topological polar surface area (TPSA) is 77.8 Å². The number of benzene rings is 1. The Morgan fingerprint density at radius 1 is 1.35 bits per heavy atom. The van der Waals surface area contributed by atoms with Crippen molar-refractivity contribution in [3.63, 3.8) is 0 Å². The van der Waals surface area contributed by atoms with Gasteiger partial charge < -0.3 is 14.6 Å². The molecule has 1 aliphatic rings. The maximum Gasteiger partial charge on any atom is 0.145 e. The van der Waals surface area contributed by atoms with Crippen molar-refractivity contribution in [3.05, 3.63) is 53.5 Å². The fourth-order valence-electron chi connectivity index (χ4n) is 3.15. The standard InChI is InChI=1S/C19H18FN5O/c1-12-2-4-15-16(6-12)24-18(23-15)11-26-17-10-25(9-14(17)20)19-5-3-13(7-21)8-22-19/h2-6,8,14,17H,9-11H2,1H3,(H,23,24)/t14-,17+/m1/s1. The van der Waals surface area contributed by atoms with E-state index >= 15 is 0 Å². The van der Waals surface area contributed by atoms with E-state index in [0.717, 1.165) is 16.6 Å². The Labute approximate surface area is 150 Å². The number of hydrogen-bond acceptors (Lipinski definition) is 5. The van der Waals surface area contributed by atoms with Crippen LogP contribution in [0.25, 0.3) is 11.0 Å². The highest BCUT2D eigenvalue weighted by Gasteiger charge is 2.34. The lowest BCUT2D eigenvalue weighted by Gasteiger charge is -2.16. The Balaban J connectivity index is 1.40. The van der Waals surface area contributed by atoms with Crippen molar-refractivity contribution in [2.45, 2.75) is 25.8 Å². The summed E-state index contributed by atoms with van der Waals surface area (Å²) in [6.07, 6.45) is -0.144. The summed E-state index contributed by atoms with van der Waals surface area (Å²) >= 11 is 0. The number of fused-ring (bicyclic) bond motifs is 1. The third-order valence-electron chi connectivity index (χ3n) is 4.52. The average molecular weight is 351 g/mol. The van der Waals surface area contributed by atoms with Crippen molar-refractivity contribution in [1.29, 1.82) is 5.26 Å². The minimum atomic E-state index is -1.10. The summed E-state index contributed by atoms with van der Waals surface area (Å²) < 4.78 is 20.1. The number of imidazole rings is 1. The first kappa shape index (κ1) is 16.5. The number of aromatic amines is 1. The fourth-order valence-corrected chi connectivity index (χ4v) is 3.15. The number of nitrogens with zero attached hydrogens (tertiary/aromatic N) is 4. The Bertz CT molecular complexity index is 962.